The normalized spacial score (nSPS) is 20.7. The van der Waals surface area contributed by atoms with Gasteiger partial charge in [-0.15, -0.1) is 13.2 Å². The summed E-state index contributed by atoms with van der Waals surface area (Å²) >= 11 is 0. The van der Waals surface area contributed by atoms with Gasteiger partial charge in [-0.2, -0.15) is 0 Å². The number of rotatable bonds is 5. The summed E-state index contributed by atoms with van der Waals surface area (Å²) in [6, 6.07) is 5.72. The molecule has 0 radical (unpaired) electrons. The average Bonchev–Trinajstić information content (AvgIpc) is 3.17. The lowest BCUT2D eigenvalue weighted by Crippen LogP contribution is -2.53. The van der Waals surface area contributed by atoms with E-state index < -0.39 is 29.6 Å². The Morgan fingerprint density at radius 3 is 2.43 bits per heavy atom. The van der Waals surface area contributed by atoms with Crippen molar-refractivity contribution in [3.63, 3.8) is 0 Å². The highest BCUT2D eigenvalue weighted by Crippen LogP contribution is 2.51. The summed E-state index contributed by atoms with van der Waals surface area (Å²) in [6.07, 6.45) is -4.41. The van der Waals surface area contributed by atoms with E-state index in [-0.39, 0.29) is 11.7 Å². The lowest BCUT2D eigenvalue weighted by molar-refractivity contribution is -0.274. The van der Waals surface area contributed by atoms with E-state index in [2.05, 4.69) is 10.1 Å². The number of ether oxygens (including phenoxy) is 1. The van der Waals surface area contributed by atoms with Gasteiger partial charge in [0.25, 0.3) is 0 Å². The van der Waals surface area contributed by atoms with Gasteiger partial charge in [-0.1, -0.05) is 18.2 Å². The van der Waals surface area contributed by atoms with Crippen LogP contribution >= 0.6 is 0 Å². The van der Waals surface area contributed by atoms with Gasteiger partial charge >= 0.3 is 6.36 Å². The Morgan fingerprint density at radius 2 is 1.87 bits per heavy atom. The van der Waals surface area contributed by atoms with Crippen LogP contribution in [0.5, 0.6) is 5.75 Å². The van der Waals surface area contributed by atoms with Gasteiger partial charge in [0.1, 0.15) is 11.3 Å². The van der Waals surface area contributed by atoms with E-state index >= 15 is 0 Å². The standard InChI is InChI=1S/C15H17F3N2O3/c1-14(2,13(19)22)20-12(21)10-7-9(10)8-5-3-4-6-11(8)23-15(16,17)18/h3-6,9-10H,7H2,1-2H3,(H2,19,22)(H,20,21)/t9-,10-/m0/s1. The summed E-state index contributed by atoms with van der Waals surface area (Å²) in [5.41, 5.74) is 4.28. The van der Waals surface area contributed by atoms with E-state index in [9.17, 15) is 22.8 Å². The first-order valence-corrected chi connectivity index (χ1v) is 6.98. The fourth-order valence-electron chi connectivity index (χ4n) is 2.30. The second kappa shape index (κ2) is 5.75. The molecule has 0 unspecified atom stereocenters. The summed E-state index contributed by atoms with van der Waals surface area (Å²) in [6.45, 7) is 2.93. The van der Waals surface area contributed by atoms with Crippen LogP contribution in [-0.4, -0.2) is 23.7 Å². The molecule has 0 heterocycles. The van der Waals surface area contributed by atoms with Gasteiger partial charge in [0, 0.05) is 5.92 Å². The number of halogens is 3. The van der Waals surface area contributed by atoms with Crippen molar-refractivity contribution in [3.05, 3.63) is 29.8 Å². The van der Waals surface area contributed by atoms with Gasteiger partial charge in [-0.3, -0.25) is 9.59 Å². The Hall–Kier alpha value is -2.25. The highest BCUT2D eigenvalue weighted by molar-refractivity contribution is 5.91. The van der Waals surface area contributed by atoms with Crippen molar-refractivity contribution in [1.29, 1.82) is 0 Å². The first-order chi connectivity index (χ1) is 10.5. The zero-order valence-electron chi connectivity index (χ0n) is 12.6. The summed E-state index contributed by atoms with van der Waals surface area (Å²) < 4.78 is 41.3. The maximum Gasteiger partial charge on any atom is 0.573 e. The van der Waals surface area contributed by atoms with E-state index in [1.807, 2.05) is 0 Å². The summed E-state index contributed by atoms with van der Waals surface area (Å²) in [5, 5.41) is 2.51. The Labute approximate surface area is 131 Å². The number of primary amides is 1. The summed E-state index contributed by atoms with van der Waals surface area (Å²) in [5.74, 6) is -2.30. The maximum atomic E-state index is 12.4. The fourth-order valence-corrected chi connectivity index (χ4v) is 2.30. The second-order valence-corrected chi connectivity index (χ2v) is 6.01. The van der Waals surface area contributed by atoms with Crippen molar-refractivity contribution in [2.75, 3.05) is 0 Å². The third-order valence-electron chi connectivity index (χ3n) is 3.72. The third kappa shape index (κ3) is 4.14. The average molecular weight is 330 g/mol. The molecule has 1 saturated carbocycles. The van der Waals surface area contributed by atoms with E-state index in [0.717, 1.165) is 0 Å². The molecule has 126 valence electrons. The zero-order valence-corrected chi connectivity index (χ0v) is 12.6. The first-order valence-electron chi connectivity index (χ1n) is 6.98. The van der Waals surface area contributed by atoms with Crippen LogP contribution in [0.1, 0.15) is 31.7 Å². The number of hydrogen-bond donors (Lipinski definition) is 2. The van der Waals surface area contributed by atoms with Crippen LogP contribution in [0.25, 0.3) is 0 Å². The van der Waals surface area contributed by atoms with E-state index in [4.69, 9.17) is 5.73 Å². The van der Waals surface area contributed by atoms with Gasteiger partial charge in [0.15, 0.2) is 0 Å². The molecule has 1 aromatic rings. The number of para-hydroxylation sites is 1. The molecule has 2 amide bonds. The van der Waals surface area contributed by atoms with Crippen molar-refractivity contribution < 1.29 is 27.5 Å². The molecule has 3 N–H and O–H groups in total. The van der Waals surface area contributed by atoms with E-state index in [1.165, 1.54) is 32.0 Å². The van der Waals surface area contributed by atoms with Gasteiger partial charge in [0.05, 0.1) is 0 Å². The molecule has 0 saturated heterocycles. The van der Waals surface area contributed by atoms with Crippen molar-refractivity contribution in [2.24, 2.45) is 11.7 Å². The van der Waals surface area contributed by atoms with Crippen LogP contribution in [0, 0.1) is 5.92 Å². The minimum atomic E-state index is -4.79. The lowest BCUT2D eigenvalue weighted by Gasteiger charge is -2.22. The molecule has 5 nitrogen and oxygen atoms in total. The summed E-state index contributed by atoms with van der Waals surface area (Å²) in [7, 11) is 0. The van der Waals surface area contributed by atoms with Crippen LogP contribution in [0.4, 0.5) is 13.2 Å². The zero-order chi connectivity index (χ0) is 17.4. The molecule has 1 aromatic carbocycles. The number of benzene rings is 1. The van der Waals surface area contributed by atoms with Gasteiger partial charge in [0.2, 0.25) is 11.8 Å². The van der Waals surface area contributed by atoms with Crippen LogP contribution in [-0.2, 0) is 9.59 Å². The number of nitrogens with two attached hydrogens (primary N) is 1. The van der Waals surface area contributed by atoms with Crippen LogP contribution < -0.4 is 15.8 Å². The predicted molar refractivity (Wildman–Crippen MR) is 75.4 cm³/mol. The number of alkyl halides is 3. The quantitative estimate of drug-likeness (QED) is 0.867. The van der Waals surface area contributed by atoms with Crippen LogP contribution in [0.3, 0.4) is 0 Å². The van der Waals surface area contributed by atoms with Crippen molar-refractivity contribution in [1.82, 2.24) is 5.32 Å². The number of carbonyl (C=O) groups is 2. The van der Waals surface area contributed by atoms with Gasteiger partial charge < -0.3 is 15.8 Å². The molecule has 2 atom stereocenters. The lowest BCUT2D eigenvalue weighted by atomic mass is 10.0. The highest BCUT2D eigenvalue weighted by Gasteiger charge is 2.47. The minimum absolute atomic E-state index is 0.311. The molecule has 0 spiro atoms. The third-order valence-corrected chi connectivity index (χ3v) is 3.72. The number of amides is 2. The van der Waals surface area contributed by atoms with Crippen molar-refractivity contribution in [3.8, 4) is 5.75 Å². The Balaban J connectivity index is 2.09. The number of carbonyl (C=O) groups excluding carboxylic acids is 2. The van der Waals surface area contributed by atoms with Gasteiger partial charge in [-0.25, -0.2) is 0 Å². The topological polar surface area (TPSA) is 81.4 Å². The molecule has 0 aliphatic heterocycles. The van der Waals surface area contributed by atoms with Crippen LogP contribution in [0.15, 0.2) is 24.3 Å². The Morgan fingerprint density at radius 1 is 1.26 bits per heavy atom. The molecule has 0 bridgehead atoms. The van der Waals surface area contributed by atoms with Crippen LogP contribution in [0.2, 0.25) is 0 Å². The maximum absolute atomic E-state index is 12.4. The second-order valence-electron chi connectivity index (χ2n) is 6.01. The Kier molecular flexibility index (Phi) is 4.28. The number of hydrogen-bond acceptors (Lipinski definition) is 3. The highest BCUT2D eigenvalue weighted by atomic mass is 19.4. The first kappa shape index (κ1) is 17.1. The summed E-state index contributed by atoms with van der Waals surface area (Å²) in [4.78, 5) is 23.3. The Bertz CT molecular complexity index is 629. The van der Waals surface area contributed by atoms with E-state index in [0.29, 0.717) is 12.0 Å². The molecule has 0 aromatic heterocycles. The smallest absolute Gasteiger partial charge is 0.405 e. The largest absolute Gasteiger partial charge is 0.573 e. The van der Waals surface area contributed by atoms with E-state index in [1.54, 1.807) is 6.07 Å². The monoisotopic (exact) mass is 330 g/mol. The minimum Gasteiger partial charge on any atom is -0.405 e. The molecule has 2 rings (SSSR count). The fraction of sp³-hybridized carbons (Fsp3) is 0.467. The predicted octanol–water partition coefficient (Wildman–Crippen LogP) is 2.07. The molecule has 1 aliphatic carbocycles. The molecule has 1 fully saturated rings. The molecule has 8 heteroatoms. The number of nitrogens with one attached hydrogen (secondary N) is 1. The molecule has 23 heavy (non-hydrogen) atoms. The SMILES string of the molecule is CC(C)(NC(=O)[C@H]1C[C@H]1c1ccccc1OC(F)(F)F)C(N)=O. The molecular weight excluding hydrogens is 313 g/mol. The molecule has 1 aliphatic rings. The van der Waals surface area contributed by atoms with Gasteiger partial charge in [-0.05, 0) is 37.8 Å². The van der Waals surface area contributed by atoms with Crippen molar-refractivity contribution in [2.45, 2.75) is 38.1 Å². The molecular formula is C15H17F3N2O3. The van der Waals surface area contributed by atoms with Crippen molar-refractivity contribution >= 4 is 11.8 Å².